The van der Waals surface area contributed by atoms with Crippen LogP contribution in [-0.2, 0) is 4.79 Å². The third kappa shape index (κ3) is 1.79. The number of hydrogen-bond acceptors (Lipinski definition) is 3. The number of hydrogen-bond donors (Lipinski definition) is 2. The second-order valence-electron chi connectivity index (χ2n) is 3.95. The Bertz CT molecular complexity index is 408. The molecule has 2 atom stereocenters. The molecule has 3 nitrogen and oxygen atoms in total. The van der Waals surface area contributed by atoms with E-state index in [0.717, 1.165) is 5.56 Å². The van der Waals surface area contributed by atoms with Gasteiger partial charge in [0.1, 0.15) is 0 Å². The number of benzene rings is 1. The van der Waals surface area contributed by atoms with Crippen molar-refractivity contribution in [2.24, 2.45) is 11.8 Å². The van der Waals surface area contributed by atoms with Crippen LogP contribution in [0.2, 0.25) is 0 Å². The average Bonchev–Trinajstić information content (AvgIpc) is 2.66. The number of aliphatic hydroxyl groups excluding tert-OH is 2. The van der Waals surface area contributed by atoms with Gasteiger partial charge in [0, 0.05) is 11.5 Å². The van der Waals surface area contributed by atoms with Crippen molar-refractivity contribution in [2.45, 2.75) is 0 Å². The molecule has 84 valence electrons. The van der Waals surface area contributed by atoms with E-state index >= 15 is 0 Å². The summed E-state index contributed by atoms with van der Waals surface area (Å²) in [4.78, 5) is 12.0. The SMILES string of the molecule is O=C1C(c2ccccc2)=CC(CO)C1CO. The maximum absolute atomic E-state index is 12.0. The van der Waals surface area contributed by atoms with E-state index in [4.69, 9.17) is 10.2 Å². The molecule has 0 saturated heterocycles. The van der Waals surface area contributed by atoms with E-state index in [0.29, 0.717) is 5.57 Å². The molecule has 0 aliphatic heterocycles. The molecule has 1 aromatic rings. The van der Waals surface area contributed by atoms with E-state index in [9.17, 15) is 4.79 Å². The minimum Gasteiger partial charge on any atom is -0.396 e. The van der Waals surface area contributed by atoms with Crippen LogP contribution < -0.4 is 0 Å². The van der Waals surface area contributed by atoms with Crippen LogP contribution in [-0.4, -0.2) is 29.2 Å². The summed E-state index contributed by atoms with van der Waals surface area (Å²) in [6.45, 7) is -0.315. The summed E-state index contributed by atoms with van der Waals surface area (Å²) in [7, 11) is 0. The molecule has 2 rings (SSSR count). The lowest BCUT2D eigenvalue weighted by Crippen LogP contribution is -2.23. The Labute approximate surface area is 94.0 Å². The van der Waals surface area contributed by atoms with Crippen LogP contribution in [0.15, 0.2) is 36.4 Å². The minimum atomic E-state index is -0.486. The molecule has 0 radical (unpaired) electrons. The van der Waals surface area contributed by atoms with Crippen LogP contribution >= 0.6 is 0 Å². The normalized spacial score (nSPS) is 24.6. The fourth-order valence-corrected chi connectivity index (χ4v) is 2.06. The smallest absolute Gasteiger partial charge is 0.169 e. The number of allylic oxidation sites excluding steroid dienone is 1. The average molecular weight is 218 g/mol. The first-order valence-electron chi connectivity index (χ1n) is 5.31. The van der Waals surface area contributed by atoms with Gasteiger partial charge in [0.25, 0.3) is 0 Å². The van der Waals surface area contributed by atoms with Crippen molar-refractivity contribution in [1.82, 2.24) is 0 Å². The Morgan fingerprint density at radius 1 is 1.06 bits per heavy atom. The highest BCUT2D eigenvalue weighted by molar-refractivity contribution is 6.24. The molecule has 1 aliphatic carbocycles. The maximum Gasteiger partial charge on any atom is 0.169 e. The predicted molar refractivity (Wildman–Crippen MR) is 60.6 cm³/mol. The highest BCUT2D eigenvalue weighted by atomic mass is 16.3. The zero-order valence-electron chi connectivity index (χ0n) is 8.84. The Kier molecular flexibility index (Phi) is 3.17. The van der Waals surface area contributed by atoms with Crippen LogP contribution in [0.3, 0.4) is 0 Å². The summed E-state index contributed by atoms with van der Waals surface area (Å²) in [5, 5.41) is 18.3. The van der Waals surface area contributed by atoms with Crippen molar-refractivity contribution in [3.63, 3.8) is 0 Å². The molecule has 0 bridgehead atoms. The number of carbonyl (C=O) groups is 1. The first-order chi connectivity index (χ1) is 7.77. The molecule has 0 saturated carbocycles. The van der Waals surface area contributed by atoms with Gasteiger partial charge in [-0.05, 0) is 5.56 Å². The lowest BCUT2D eigenvalue weighted by molar-refractivity contribution is -0.119. The lowest BCUT2D eigenvalue weighted by atomic mass is 9.95. The summed E-state index contributed by atoms with van der Waals surface area (Å²) >= 11 is 0. The van der Waals surface area contributed by atoms with Gasteiger partial charge in [-0.1, -0.05) is 36.4 Å². The van der Waals surface area contributed by atoms with Gasteiger partial charge >= 0.3 is 0 Å². The summed E-state index contributed by atoms with van der Waals surface area (Å²) < 4.78 is 0. The first kappa shape index (κ1) is 11.0. The number of ketones is 1. The quantitative estimate of drug-likeness (QED) is 0.791. The van der Waals surface area contributed by atoms with Crippen LogP contribution in [0.5, 0.6) is 0 Å². The standard InChI is InChI=1S/C13H14O3/c14-7-10-6-11(13(16)12(10)8-15)9-4-2-1-3-5-9/h1-6,10,12,14-15H,7-8H2. The second kappa shape index (κ2) is 4.60. The van der Waals surface area contributed by atoms with Crippen LogP contribution in [0.25, 0.3) is 5.57 Å². The fraction of sp³-hybridized carbons (Fsp3) is 0.308. The number of aliphatic hydroxyl groups is 2. The molecule has 0 heterocycles. The predicted octanol–water partition coefficient (Wildman–Crippen LogP) is 0.870. The highest BCUT2D eigenvalue weighted by Crippen LogP contribution is 2.32. The van der Waals surface area contributed by atoms with Crippen LogP contribution in [0.4, 0.5) is 0 Å². The Hall–Kier alpha value is -1.45. The largest absolute Gasteiger partial charge is 0.396 e. The molecule has 0 aromatic heterocycles. The molecular weight excluding hydrogens is 204 g/mol. The molecule has 2 N–H and O–H groups in total. The number of Topliss-reactive ketones (excluding diaryl/α,β-unsaturated/α-hetero) is 1. The number of rotatable bonds is 3. The van der Waals surface area contributed by atoms with E-state index in [1.54, 1.807) is 6.08 Å². The van der Waals surface area contributed by atoms with Gasteiger partial charge in [-0.3, -0.25) is 4.79 Å². The Morgan fingerprint density at radius 2 is 1.75 bits per heavy atom. The Balaban J connectivity index is 2.33. The maximum atomic E-state index is 12.0. The van der Waals surface area contributed by atoms with Crippen molar-refractivity contribution in [2.75, 3.05) is 13.2 Å². The third-order valence-corrected chi connectivity index (χ3v) is 2.99. The fourth-order valence-electron chi connectivity index (χ4n) is 2.06. The molecule has 0 fully saturated rings. The van der Waals surface area contributed by atoms with E-state index in [-0.39, 0.29) is 24.9 Å². The molecular formula is C13H14O3. The highest BCUT2D eigenvalue weighted by Gasteiger charge is 2.35. The van der Waals surface area contributed by atoms with Gasteiger partial charge in [0.05, 0.1) is 19.1 Å². The minimum absolute atomic E-state index is 0.0762. The molecule has 0 spiro atoms. The van der Waals surface area contributed by atoms with E-state index in [1.807, 2.05) is 30.3 Å². The first-order valence-corrected chi connectivity index (χ1v) is 5.31. The number of carbonyl (C=O) groups excluding carboxylic acids is 1. The summed E-state index contributed by atoms with van der Waals surface area (Å²) in [5.41, 5.74) is 1.46. The van der Waals surface area contributed by atoms with Crippen molar-refractivity contribution >= 4 is 11.4 Å². The van der Waals surface area contributed by atoms with Gasteiger partial charge in [-0.15, -0.1) is 0 Å². The van der Waals surface area contributed by atoms with Crippen molar-refractivity contribution in [3.05, 3.63) is 42.0 Å². The summed E-state index contributed by atoms with van der Waals surface area (Å²) in [6.07, 6.45) is 1.76. The molecule has 2 unspecified atom stereocenters. The van der Waals surface area contributed by atoms with Gasteiger partial charge in [-0.25, -0.2) is 0 Å². The monoisotopic (exact) mass is 218 g/mol. The molecule has 1 aromatic carbocycles. The molecule has 0 amide bonds. The lowest BCUT2D eigenvalue weighted by Gasteiger charge is -2.11. The molecule has 3 heteroatoms. The van der Waals surface area contributed by atoms with E-state index in [1.165, 1.54) is 0 Å². The zero-order chi connectivity index (χ0) is 11.5. The van der Waals surface area contributed by atoms with Crippen molar-refractivity contribution in [3.8, 4) is 0 Å². The summed E-state index contributed by atoms with van der Waals surface area (Å²) in [6, 6.07) is 9.33. The topological polar surface area (TPSA) is 57.5 Å². The van der Waals surface area contributed by atoms with E-state index < -0.39 is 5.92 Å². The van der Waals surface area contributed by atoms with Crippen LogP contribution in [0.1, 0.15) is 5.56 Å². The zero-order valence-corrected chi connectivity index (χ0v) is 8.84. The van der Waals surface area contributed by atoms with Crippen LogP contribution in [0, 0.1) is 11.8 Å². The second-order valence-corrected chi connectivity index (χ2v) is 3.95. The Morgan fingerprint density at radius 3 is 2.25 bits per heavy atom. The van der Waals surface area contributed by atoms with Gasteiger partial charge in [0.15, 0.2) is 5.78 Å². The molecule has 16 heavy (non-hydrogen) atoms. The van der Waals surface area contributed by atoms with Crippen molar-refractivity contribution in [1.29, 1.82) is 0 Å². The van der Waals surface area contributed by atoms with Gasteiger partial charge in [0.2, 0.25) is 0 Å². The summed E-state index contributed by atoms with van der Waals surface area (Å²) in [5.74, 6) is -0.819. The van der Waals surface area contributed by atoms with E-state index in [2.05, 4.69) is 0 Å². The van der Waals surface area contributed by atoms with Crippen molar-refractivity contribution < 1.29 is 15.0 Å². The van der Waals surface area contributed by atoms with Gasteiger partial charge in [-0.2, -0.15) is 0 Å². The molecule has 1 aliphatic rings. The third-order valence-electron chi connectivity index (χ3n) is 2.99. The van der Waals surface area contributed by atoms with Gasteiger partial charge < -0.3 is 10.2 Å².